The second-order valence-electron chi connectivity index (χ2n) is 5.52. The molecule has 1 aromatic heterocycles. The van der Waals surface area contributed by atoms with E-state index in [0.29, 0.717) is 27.9 Å². The number of amides is 2. The molecule has 3 rings (SSSR count). The van der Waals surface area contributed by atoms with Crippen LogP contribution in [-0.2, 0) is 9.59 Å². The summed E-state index contributed by atoms with van der Waals surface area (Å²) in [7, 11) is 0. The maximum atomic E-state index is 12.5. The number of hydrogen-bond acceptors (Lipinski definition) is 6. The SMILES string of the molecule is O=C(CCCN1C(=O)C(=Cc2cccs2)SC1=S)Nc1ccccc1O. The predicted octanol–water partition coefficient (Wildman–Crippen LogP) is 4.07. The lowest BCUT2D eigenvalue weighted by molar-refractivity contribution is -0.122. The largest absolute Gasteiger partial charge is 0.506 e. The summed E-state index contributed by atoms with van der Waals surface area (Å²) in [5, 5.41) is 14.3. The number of thiophene rings is 1. The van der Waals surface area contributed by atoms with Crippen LogP contribution in [0, 0.1) is 0 Å². The minimum Gasteiger partial charge on any atom is -0.506 e. The molecule has 0 atom stereocenters. The normalized spacial score (nSPS) is 15.7. The van der Waals surface area contributed by atoms with Crippen molar-refractivity contribution in [1.82, 2.24) is 4.90 Å². The number of nitrogens with zero attached hydrogens (tertiary/aromatic N) is 1. The van der Waals surface area contributed by atoms with Crippen LogP contribution >= 0.6 is 35.3 Å². The fourth-order valence-electron chi connectivity index (χ4n) is 2.39. The van der Waals surface area contributed by atoms with Crippen LogP contribution in [0.25, 0.3) is 6.08 Å². The monoisotopic (exact) mass is 404 g/mol. The Morgan fingerprint density at radius 2 is 2.08 bits per heavy atom. The van der Waals surface area contributed by atoms with Gasteiger partial charge in [-0.1, -0.05) is 42.2 Å². The van der Waals surface area contributed by atoms with Crippen LogP contribution < -0.4 is 5.32 Å². The first-order valence-electron chi connectivity index (χ1n) is 7.91. The predicted molar refractivity (Wildman–Crippen MR) is 110 cm³/mol. The summed E-state index contributed by atoms with van der Waals surface area (Å²) in [5.41, 5.74) is 0.377. The third kappa shape index (κ3) is 4.51. The van der Waals surface area contributed by atoms with Gasteiger partial charge in [0.1, 0.15) is 10.1 Å². The quantitative estimate of drug-likeness (QED) is 0.431. The summed E-state index contributed by atoms with van der Waals surface area (Å²) in [4.78, 5) is 27.6. The summed E-state index contributed by atoms with van der Waals surface area (Å²) in [6.07, 6.45) is 2.56. The third-order valence-corrected chi connectivity index (χ3v) is 5.85. The van der Waals surface area contributed by atoms with Gasteiger partial charge in [-0.3, -0.25) is 14.5 Å². The summed E-state index contributed by atoms with van der Waals surface area (Å²) in [5.74, 6) is -0.308. The van der Waals surface area contributed by atoms with Crippen molar-refractivity contribution >= 4 is 63.2 Å². The van der Waals surface area contributed by atoms with E-state index in [4.69, 9.17) is 12.2 Å². The molecule has 0 aliphatic carbocycles. The molecule has 2 aromatic rings. The highest BCUT2D eigenvalue weighted by Gasteiger charge is 2.31. The van der Waals surface area contributed by atoms with Crippen LogP contribution in [0.3, 0.4) is 0 Å². The minimum atomic E-state index is -0.217. The maximum absolute atomic E-state index is 12.5. The molecule has 0 saturated carbocycles. The number of phenolic OH excluding ortho intramolecular Hbond substituents is 1. The Balaban J connectivity index is 1.52. The molecule has 1 fully saturated rings. The second kappa shape index (κ2) is 8.48. The lowest BCUT2D eigenvalue weighted by Crippen LogP contribution is -2.29. The molecule has 26 heavy (non-hydrogen) atoms. The number of carbonyl (C=O) groups excluding carboxylic acids is 2. The number of nitrogens with one attached hydrogen (secondary N) is 1. The van der Waals surface area contributed by atoms with Crippen LogP contribution in [0.15, 0.2) is 46.7 Å². The van der Waals surface area contributed by atoms with Gasteiger partial charge in [0.2, 0.25) is 5.91 Å². The zero-order chi connectivity index (χ0) is 18.5. The molecule has 0 spiro atoms. The van der Waals surface area contributed by atoms with Gasteiger partial charge in [0, 0.05) is 17.8 Å². The average molecular weight is 405 g/mol. The van der Waals surface area contributed by atoms with Crippen LogP contribution in [0.1, 0.15) is 17.7 Å². The summed E-state index contributed by atoms with van der Waals surface area (Å²) >= 11 is 8.13. The highest BCUT2D eigenvalue weighted by molar-refractivity contribution is 8.26. The van der Waals surface area contributed by atoms with E-state index in [1.54, 1.807) is 29.5 Å². The Morgan fingerprint density at radius 1 is 1.27 bits per heavy atom. The van der Waals surface area contributed by atoms with E-state index in [1.807, 2.05) is 23.6 Å². The Hall–Kier alpha value is -2.16. The third-order valence-electron chi connectivity index (χ3n) is 3.65. The number of aromatic hydroxyl groups is 1. The fraction of sp³-hybridized carbons (Fsp3) is 0.167. The molecule has 1 saturated heterocycles. The number of thioether (sulfide) groups is 1. The van der Waals surface area contributed by atoms with Gasteiger partial charge in [-0.05, 0) is 36.1 Å². The van der Waals surface area contributed by atoms with Crippen molar-refractivity contribution in [2.24, 2.45) is 0 Å². The molecule has 134 valence electrons. The van der Waals surface area contributed by atoms with E-state index in [2.05, 4.69) is 5.32 Å². The van der Waals surface area contributed by atoms with E-state index in [1.165, 1.54) is 22.7 Å². The molecule has 1 aliphatic rings. The molecule has 2 heterocycles. The van der Waals surface area contributed by atoms with Crippen molar-refractivity contribution in [3.05, 3.63) is 51.6 Å². The molecule has 0 bridgehead atoms. The molecule has 8 heteroatoms. The number of carbonyl (C=O) groups is 2. The summed E-state index contributed by atoms with van der Waals surface area (Å²) in [6.45, 7) is 0.390. The van der Waals surface area contributed by atoms with Crippen molar-refractivity contribution in [3.63, 3.8) is 0 Å². The molecule has 2 N–H and O–H groups in total. The van der Waals surface area contributed by atoms with Crippen LogP contribution in [0.2, 0.25) is 0 Å². The highest BCUT2D eigenvalue weighted by Crippen LogP contribution is 2.33. The summed E-state index contributed by atoms with van der Waals surface area (Å²) in [6, 6.07) is 10.4. The first kappa shape index (κ1) is 18.6. The van der Waals surface area contributed by atoms with E-state index in [0.717, 1.165) is 4.88 Å². The van der Waals surface area contributed by atoms with Crippen molar-refractivity contribution in [3.8, 4) is 5.75 Å². The average Bonchev–Trinajstić information content (AvgIpc) is 3.21. The second-order valence-corrected chi connectivity index (χ2v) is 8.17. The number of hydrogen-bond donors (Lipinski definition) is 2. The topological polar surface area (TPSA) is 69.6 Å². The van der Waals surface area contributed by atoms with Crippen LogP contribution in [-0.4, -0.2) is 32.7 Å². The van der Waals surface area contributed by atoms with E-state index in [-0.39, 0.29) is 24.0 Å². The fourth-order valence-corrected chi connectivity index (χ4v) is 4.42. The highest BCUT2D eigenvalue weighted by atomic mass is 32.2. The molecule has 0 unspecified atom stereocenters. The number of rotatable bonds is 6. The van der Waals surface area contributed by atoms with Gasteiger partial charge in [-0.25, -0.2) is 0 Å². The first-order chi connectivity index (χ1) is 12.5. The van der Waals surface area contributed by atoms with Gasteiger partial charge in [0.15, 0.2) is 0 Å². The number of para-hydroxylation sites is 2. The number of phenols is 1. The molecule has 0 radical (unpaired) electrons. The Morgan fingerprint density at radius 3 is 2.81 bits per heavy atom. The van der Waals surface area contributed by atoms with E-state index < -0.39 is 0 Å². The summed E-state index contributed by atoms with van der Waals surface area (Å²) < 4.78 is 0.513. The number of benzene rings is 1. The van der Waals surface area contributed by atoms with Gasteiger partial charge in [0.05, 0.1) is 10.6 Å². The van der Waals surface area contributed by atoms with Crippen molar-refractivity contribution in [1.29, 1.82) is 0 Å². The van der Waals surface area contributed by atoms with E-state index in [9.17, 15) is 14.7 Å². The first-order valence-corrected chi connectivity index (χ1v) is 10.0. The molecular formula is C18H16N2O3S3. The van der Waals surface area contributed by atoms with Gasteiger partial charge in [-0.15, -0.1) is 11.3 Å². The van der Waals surface area contributed by atoms with Crippen LogP contribution in [0.4, 0.5) is 5.69 Å². The zero-order valence-corrected chi connectivity index (χ0v) is 16.1. The standard InChI is InChI=1S/C18H16N2O3S3/c21-14-7-2-1-6-13(14)19-16(22)8-3-9-20-17(23)15(26-18(20)24)11-12-5-4-10-25-12/h1-2,4-7,10-11,21H,3,8-9H2,(H,19,22). The van der Waals surface area contributed by atoms with E-state index >= 15 is 0 Å². The Labute approximate surface area is 164 Å². The lowest BCUT2D eigenvalue weighted by atomic mass is 10.2. The van der Waals surface area contributed by atoms with Gasteiger partial charge >= 0.3 is 0 Å². The minimum absolute atomic E-state index is 0.0245. The smallest absolute Gasteiger partial charge is 0.266 e. The maximum Gasteiger partial charge on any atom is 0.266 e. The van der Waals surface area contributed by atoms with Crippen molar-refractivity contribution in [2.45, 2.75) is 12.8 Å². The molecule has 1 aromatic carbocycles. The molecule has 1 aliphatic heterocycles. The molecule has 5 nitrogen and oxygen atoms in total. The van der Waals surface area contributed by atoms with Crippen LogP contribution in [0.5, 0.6) is 5.75 Å². The molecular weight excluding hydrogens is 388 g/mol. The van der Waals surface area contributed by atoms with Gasteiger partial charge in [-0.2, -0.15) is 0 Å². The van der Waals surface area contributed by atoms with Crippen molar-refractivity contribution < 1.29 is 14.7 Å². The number of anilines is 1. The molecule has 2 amide bonds. The van der Waals surface area contributed by atoms with Gasteiger partial charge < -0.3 is 10.4 Å². The van der Waals surface area contributed by atoms with Crippen molar-refractivity contribution in [2.75, 3.05) is 11.9 Å². The Bertz CT molecular complexity index is 862. The van der Waals surface area contributed by atoms with Gasteiger partial charge in [0.25, 0.3) is 5.91 Å². The zero-order valence-electron chi connectivity index (χ0n) is 13.7. The lowest BCUT2D eigenvalue weighted by Gasteiger charge is -2.14. The number of thiocarbonyl (C=S) groups is 1. The Kier molecular flexibility index (Phi) is 6.08.